The lowest BCUT2D eigenvalue weighted by Gasteiger charge is -2.40. The lowest BCUT2D eigenvalue weighted by atomic mass is 9.73. The van der Waals surface area contributed by atoms with Crippen molar-refractivity contribution in [1.29, 1.82) is 0 Å². The van der Waals surface area contributed by atoms with Crippen molar-refractivity contribution in [2.75, 3.05) is 6.61 Å². The molecule has 0 bridgehead atoms. The van der Waals surface area contributed by atoms with Gasteiger partial charge in [0, 0.05) is 24.4 Å². The number of benzene rings is 1. The topological polar surface area (TPSA) is 35.2 Å². The SMILES string of the molecule is CCCOc1ccccc1C1(F)CC(N)C1. The normalized spacial score (nSPS) is 28.6. The molecule has 0 radical (unpaired) electrons. The predicted octanol–water partition coefficient (Wildman–Crippen LogP) is 2.76. The first-order valence-electron chi connectivity index (χ1n) is 5.82. The molecule has 1 aromatic rings. The summed E-state index contributed by atoms with van der Waals surface area (Å²) in [6.45, 7) is 2.66. The lowest BCUT2D eigenvalue weighted by molar-refractivity contribution is 0.0374. The van der Waals surface area contributed by atoms with Gasteiger partial charge in [-0.2, -0.15) is 0 Å². The summed E-state index contributed by atoms with van der Waals surface area (Å²) in [5.74, 6) is 0.666. The zero-order valence-corrected chi connectivity index (χ0v) is 9.58. The van der Waals surface area contributed by atoms with Crippen LogP contribution in [0.2, 0.25) is 0 Å². The number of rotatable bonds is 4. The fourth-order valence-corrected chi connectivity index (χ4v) is 2.17. The van der Waals surface area contributed by atoms with E-state index in [2.05, 4.69) is 0 Å². The minimum Gasteiger partial charge on any atom is -0.493 e. The summed E-state index contributed by atoms with van der Waals surface area (Å²) in [4.78, 5) is 0. The van der Waals surface area contributed by atoms with Crippen LogP contribution in [0.25, 0.3) is 0 Å². The van der Waals surface area contributed by atoms with Crippen LogP contribution in [0.5, 0.6) is 5.75 Å². The number of halogens is 1. The molecular formula is C13H18FNO. The van der Waals surface area contributed by atoms with Gasteiger partial charge in [-0.25, -0.2) is 4.39 Å². The van der Waals surface area contributed by atoms with E-state index in [1.165, 1.54) is 0 Å². The molecule has 2 N–H and O–H groups in total. The maximum absolute atomic E-state index is 14.4. The molecule has 0 heterocycles. The Morgan fingerprint density at radius 3 is 2.75 bits per heavy atom. The molecule has 1 aliphatic carbocycles. The Bertz CT molecular complexity index is 361. The highest BCUT2D eigenvalue weighted by molar-refractivity contribution is 5.40. The second-order valence-corrected chi connectivity index (χ2v) is 4.48. The van der Waals surface area contributed by atoms with Crippen LogP contribution in [-0.4, -0.2) is 12.6 Å². The minimum atomic E-state index is -1.27. The molecule has 0 saturated heterocycles. The first-order chi connectivity index (χ1) is 7.65. The average molecular weight is 223 g/mol. The number of alkyl halides is 1. The van der Waals surface area contributed by atoms with Crippen LogP contribution in [0.4, 0.5) is 4.39 Å². The van der Waals surface area contributed by atoms with E-state index >= 15 is 0 Å². The molecule has 0 spiro atoms. The molecule has 1 aromatic carbocycles. The second-order valence-electron chi connectivity index (χ2n) is 4.48. The summed E-state index contributed by atoms with van der Waals surface area (Å²) >= 11 is 0. The minimum absolute atomic E-state index is 0.00997. The first kappa shape index (κ1) is 11.4. The third-order valence-electron chi connectivity index (χ3n) is 3.00. The first-order valence-corrected chi connectivity index (χ1v) is 5.82. The quantitative estimate of drug-likeness (QED) is 0.851. The molecule has 1 aliphatic rings. The monoisotopic (exact) mass is 223 g/mol. The van der Waals surface area contributed by atoms with Crippen molar-refractivity contribution in [3.05, 3.63) is 29.8 Å². The zero-order valence-electron chi connectivity index (χ0n) is 9.58. The Hall–Kier alpha value is -1.09. The van der Waals surface area contributed by atoms with Gasteiger partial charge in [-0.1, -0.05) is 25.1 Å². The molecule has 0 atom stereocenters. The molecule has 0 amide bonds. The number of para-hydroxylation sites is 1. The number of hydrogen-bond donors (Lipinski definition) is 1. The highest BCUT2D eigenvalue weighted by Crippen LogP contribution is 2.47. The lowest BCUT2D eigenvalue weighted by Crippen LogP contribution is -2.46. The Balaban J connectivity index is 2.19. The van der Waals surface area contributed by atoms with Crippen LogP contribution in [-0.2, 0) is 5.67 Å². The van der Waals surface area contributed by atoms with Gasteiger partial charge >= 0.3 is 0 Å². The van der Waals surface area contributed by atoms with Crippen molar-refractivity contribution in [3.8, 4) is 5.75 Å². The van der Waals surface area contributed by atoms with Crippen molar-refractivity contribution < 1.29 is 9.13 Å². The van der Waals surface area contributed by atoms with Crippen molar-refractivity contribution in [2.45, 2.75) is 37.9 Å². The smallest absolute Gasteiger partial charge is 0.142 e. The van der Waals surface area contributed by atoms with E-state index in [0.29, 0.717) is 30.8 Å². The van der Waals surface area contributed by atoms with Crippen LogP contribution in [0.1, 0.15) is 31.7 Å². The van der Waals surface area contributed by atoms with Crippen LogP contribution >= 0.6 is 0 Å². The van der Waals surface area contributed by atoms with Crippen LogP contribution in [0, 0.1) is 0 Å². The van der Waals surface area contributed by atoms with E-state index in [1.54, 1.807) is 6.07 Å². The Morgan fingerprint density at radius 2 is 2.12 bits per heavy atom. The average Bonchev–Trinajstić information content (AvgIpc) is 2.25. The molecule has 0 unspecified atom stereocenters. The van der Waals surface area contributed by atoms with Gasteiger partial charge < -0.3 is 10.5 Å². The number of ether oxygens (including phenoxy) is 1. The van der Waals surface area contributed by atoms with Gasteiger partial charge in [0.05, 0.1) is 6.61 Å². The van der Waals surface area contributed by atoms with E-state index in [-0.39, 0.29) is 6.04 Å². The van der Waals surface area contributed by atoms with Crippen LogP contribution in [0.3, 0.4) is 0 Å². The molecule has 16 heavy (non-hydrogen) atoms. The summed E-state index contributed by atoms with van der Waals surface area (Å²) in [6.07, 6.45) is 1.73. The summed E-state index contributed by atoms with van der Waals surface area (Å²) in [7, 11) is 0. The molecule has 88 valence electrons. The third kappa shape index (κ3) is 2.05. The summed E-state index contributed by atoms with van der Waals surface area (Å²) in [5.41, 5.74) is 5.04. The van der Waals surface area contributed by atoms with Crippen molar-refractivity contribution in [1.82, 2.24) is 0 Å². The molecule has 0 aliphatic heterocycles. The summed E-state index contributed by atoms with van der Waals surface area (Å²) < 4.78 is 20.0. The summed E-state index contributed by atoms with van der Waals surface area (Å²) in [5, 5.41) is 0. The van der Waals surface area contributed by atoms with Gasteiger partial charge in [0.15, 0.2) is 0 Å². The predicted molar refractivity (Wildman–Crippen MR) is 62.2 cm³/mol. The van der Waals surface area contributed by atoms with E-state index in [1.807, 2.05) is 25.1 Å². The Morgan fingerprint density at radius 1 is 1.44 bits per heavy atom. The fraction of sp³-hybridized carbons (Fsp3) is 0.538. The second kappa shape index (κ2) is 4.42. The van der Waals surface area contributed by atoms with E-state index in [9.17, 15) is 4.39 Å². The standard InChI is InChI=1S/C13H18FNO/c1-2-7-16-12-6-4-3-5-11(12)13(14)8-10(15)9-13/h3-6,10H,2,7-9,15H2,1H3. The number of nitrogens with two attached hydrogens (primary N) is 1. The van der Waals surface area contributed by atoms with Gasteiger partial charge in [-0.15, -0.1) is 0 Å². The Labute approximate surface area is 95.6 Å². The number of hydrogen-bond acceptors (Lipinski definition) is 2. The van der Waals surface area contributed by atoms with Crippen molar-refractivity contribution in [2.24, 2.45) is 5.73 Å². The molecule has 2 nitrogen and oxygen atoms in total. The van der Waals surface area contributed by atoms with Gasteiger partial charge in [-0.05, 0) is 12.5 Å². The van der Waals surface area contributed by atoms with E-state index in [0.717, 1.165) is 6.42 Å². The van der Waals surface area contributed by atoms with Gasteiger partial charge in [0.1, 0.15) is 11.4 Å². The maximum atomic E-state index is 14.4. The van der Waals surface area contributed by atoms with Gasteiger partial charge in [0.25, 0.3) is 0 Å². The largest absolute Gasteiger partial charge is 0.493 e. The zero-order chi connectivity index (χ0) is 11.6. The third-order valence-corrected chi connectivity index (χ3v) is 3.00. The van der Waals surface area contributed by atoms with Crippen LogP contribution < -0.4 is 10.5 Å². The fourth-order valence-electron chi connectivity index (χ4n) is 2.17. The van der Waals surface area contributed by atoms with Crippen molar-refractivity contribution >= 4 is 0 Å². The maximum Gasteiger partial charge on any atom is 0.142 e. The highest BCUT2D eigenvalue weighted by Gasteiger charge is 2.46. The molecule has 1 fully saturated rings. The Kier molecular flexibility index (Phi) is 3.15. The summed E-state index contributed by atoms with van der Waals surface area (Å²) in [6, 6.07) is 7.34. The molecule has 2 rings (SSSR count). The van der Waals surface area contributed by atoms with E-state index in [4.69, 9.17) is 10.5 Å². The highest BCUT2D eigenvalue weighted by atomic mass is 19.1. The molecule has 3 heteroatoms. The molecule has 0 aromatic heterocycles. The molecule has 1 saturated carbocycles. The van der Waals surface area contributed by atoms with Gasteiger partial charge in [-0.3, -0.25) is 0 Å². The van der Waals surface area contributed by atoms with Crippen molar-refractivity contribution in [3.63, 3.8) is 0 Å². The molecular weight excluding hydrogens is 205 g/mol. The van der Waals surface area contributed by atoms with Gasteiger partial charge in [0.2, 0.25) is 0 Å². The van der Waals surface area contributed by atoms with Crippen LogP contribution in [0.15, 0.2) is 24.3 Å². The van der Waals surface area contributed by atoms with E-state index < -0.39 is 5.67 Å².